The van der Waals surface area contributed by atoms with Gasteiger partial charge in [0.05, 0.1) is 0 Å². The van der Waals surface area contributed by atoms with Gasteiger partial charge >= 0.3 is 0 Å². The van der Waals surface area contributed by atoms with Gasteiger partial charge in [-0.3, -0.25) is 9.78 Å². The lowest BCUT2D eigenvalue weighted by Crippen LogP contribution is -2.26. The van der Waals surface area contributed by atoms with Gasteiger partial charge in [0.2, 0.25) is 0 Å². The Morgan fingerprint density at radius 1 is 1.04 bits per heavy atom. The molecule has 0 saturated heterocycles. The van der Waals surface area contributed by atoms with Crippen molar-refractivity contribution in [2.75, 3.05) is 11.9 Å². The number of hydrogen-bond donors (Lipinski definition) is 2. The number of aromatic nitrogens is 3. The standard InChI is InChI=1S/C22H25N5O/c1-2-3-7-13-24-22(28)19-14-20(25-16-17-9-8-12-23-15-17)27-21(26-19)18-10-5-4-6-11-18/h4-6,8-12,14-15H,2-3,7,13,16H2,1H3,(H,24,28)(H,25,26,27). The van der Waals surface area contributed by atoms with Crippen molar-refractivity contribution in [2.45, 2.75) is 32.7 Å². The molecular formula is C22H25N5O. The van der Waals surface area contributed by atoms with E-state index >= 15 is 0 Å². The van der Waals surface area contributed by atoms with Crippen LogP contribution in [0.4, 0.5) is 5.82 Å². The Morgan fingerprint density at radius 2 is 1.89 bits per heavy atom. The lowest BCUT2D eigenvalue weighted by Gasteiger charge is -2.11. The molecule has 3 aromatic rings. The summed E-state index contributed by atoms with van der Waals surface area (Å²) < 4.78 is 0. The molecule has 0 spiro atoms. The molecule has 2 aromatic heterocycles. The predicted octanol–water partition coefficient (Wildman–Crippen LogP) is 4.07. The van der Waals surface area contributed by atoms with E-state index in [1.165, 1.54) is 0 Å². The van der Waals surface area contributed by atoms with Gasteiger partial charge in [0.25, 0.3) is 5.91 Å². The number of pyridine rings is 1. The molecule has 3 rings (SSSR count). The zero-order valence-corrected chi connectivity index (χ0v) is 16.1. The second-order valence-corrected chi connectivity index (χ2v) is 6.51. The summed E-state index contributed by atoms with van der Waals surface area (Å²) in [6.07, 6.45) is 6.71. The molecule has 0 unspecified atom stereocenters. The average Bonchev–Trinajstić information content (AvgIpc) is 2.76. The monoisotopic (exact) mass is 375 g/mol. The number of carbonyl (C=O) groups excluding carboxylic acids is 1. The van der Waals surface area contributed by atoms with Crippen molar-refractivity contribution in [2.24, 2.45) is 0 Å². The third kappa shape index (κ3) is 5.61. The van der Waals surface area contributed by atoms with Crippen LogP contribution in [0.25, 0.3) is 11.4 Å². The van der Waals surface area contributed by atoms with Crippen molar-refractivity contribution < 1.29 is 4.79 Å². The normalized spacial score (nSPS) is 10.5. The van der Waals surface area contributed by atoms with Crippen LogP contribution in [0.5, 0.6) is 0 Å². The Balaban J connectivity index is 1.80. The molecule has 0 aliphatic carbocycles. The Labute approximate surface area is 165 Å². The van der Waals surface area contributed by atoms with Crippen LogP contribution in [0.2, 0.25) is 0 Å². The maximum Gasteiger partial charge on any atom is 0.270 e. The fraction of sp³-hybridized carbons (Fsp3) is 0.273. The molecule has 0 bridgehead atoms. The number of hydrogen-bond acceptors (Lipinski definition) is 5. The first-order valence-corrected chi connectivity index (χ1v) is 9.61. The molecule has 0 atom stereocenters. The minimum Gasteiger partial charge on any atom is -0.366 e. The number of anilines is 1. The summed E-state index contributed by atoms with van der Waals surface area (Å²) in [5.74, 6) is 0.951. The zero-order chi connectivity index (χ0) is 19.6. The minimum absolute atomic E-state index is 0.180. The zero-order valence-electron chi connectivity index (χ0n) is 16.1. The van der Waals surface area contributed by atoms with E-state index in [-0.39, 0.29) is 5.91 Å². The number of benzene rings is 1. The summed E-state index contributed by atoms with van der Waals surface area (Å²) in [5.41, 5.74) is 2.26. The highest BCUT2D eigenvalue weighted by atomic mass is 16.1. The molecule has 6 heteroatoms. The molecule has 2 heterocycles. The first-order chi connectivity index (χ1) is 13.8. The first-order valence-electron chi connectivity index (χ1n) is 9.61. The number of amides is 1. The highest BCUT2D eigenvalue weighted by molar-refractivity contribution is 5.93. The van der Waals surface area contributed by atoms with Gasteiger partial charge in [0.1, 0.15) is 11.5 Å². The third-order valence-corrected chi connectivity index (χ3v) is 4.25. The Morgan fingerprint density at radius 3 is 2.64 bits per heavy atom. The topological polar surface area (TPSA) is 79.8 Å². The van der Waals surface area contributed by atoms with Gasteiger partial charge in [0.15, 0.2) is 5.82 Å². The quantitative estimate of drug-likeness (QED) is 0.551. The summed E-state index contributed by atoms with van der Waals surface area (Å²) in [6, 6.07) is 15.2. The van der Waals surface area contributed by atoms with E-state index in [9.17, 15) is 4.79 Å². The predicted molar refractivity (Wildman–Crippen MR) is 111 cm³/mol. The maximum absolute atomic E-state index is 12.6. The highest BCUT2D eigenvalue weighted by Crippen LogP contribution is 2.18. The molecule has 28 heavy (non-hydrogen) atoms. The van der Waals surface area contributed by atoms with E-state index in [0.29, 0.717) is 30.4 Å². The van der Waals surface area contributed by atoms with Crippen molar-refractivity contribution in [1.29, 1.82) is 0 Å². The van der Waals surface area contributed by atoms with Gasteiger partial charge in [-0.1, -0.05) is 56.2 Å². The summed E-state index contributed by atoms with van der Waals surface area (Å²) in [6.45, 7) is 3.35. The number of unbranched alkanes of at least 4 members (excludes halogenated alkanes) is 2. The van der Waals surface area contributed by atoms with Gasteiger partial charge in [-0.2, -0.15) is 0 Å². The molecule has 0 saturated carbocycles. The van der Waals surface area contributed by atoms with Crippen molar-refractivity contribution in [3.63, 3.8) is 0 Å². The van der Waals surface area contributed by atoms with E-state index in [1.807, 2.05) is 42.5 Å². The molecular weight excluding hydrogens is 350 g/mol. The molecule has 0 fully saturated rings. The summed E-state index contributed by atoms with van der Waals surface area (Å²) in [4.78, 5) is 25.8. The Kier molecular flexibility index (Phi) is 7.07. The number of rotatable bonds is 9. The Bertz CT molecular complexity index is 884. The average molecular weight is 375 g/mol. The maximum atomic E-state index is 12.6. The van der Waals surface area contributed by atoms with Gasteiger partial charge in [0, 0.05) is 37.1 Å². The molecule has 1 amide bonds. The van der Waals surface area contributed by atoms with Crippen LogP contribution in [0.15, 0.2) is 60.9 Å². The molecule has 0 aliphatic rings. The van der Waals surface area contributed by atoms with Gasteiger partial charge in [-0.15, -0.1) is 0 Å². The van der Waals surface area contributed by atoms with Crippen molar-refractivity contribution >= 4 is 11.7 Å². The van der Waals surface area contributed by atoms with Crippen LogP contribution >= 0.6 is 0 Å². The summed E-state index contributed by atoms with van der Waals surface area (Å²) >= 11 is 0. The smallest absolute Gasteiger partial charge is 0.270 e. The van der Waals surface area contributed by atoms with Crippen molar-refractivity contribution in [1.82, 2.24) is 20.3 Å². The fourth-order valence-corrected chi connectivity index (χ4v) is 2.73. The van der Waals surface area contributed by atoms with Gasteiger partial charge in [-0.05, 0) is 18.1 Å². The second kappa shape index (κ2) is 10.2. The molecule has 0 aliphatic heterocycles. The van der Waals surface area contributed by atoms with Crippen molar-refractivity contribution in [3.8, 4) is 11.4 Å². The van der Waals surface area contributed by atoms with E-state index in [1.54, 1.807) is 18.5 Å². The molecule has 6 nitrogen and oxygen atoms in total. The van der Waals surface area contributed by atoms with Crippen LogP contribution in [-0.4, -0.2) is 27.4 Å². The molecule has 2 N–H and O–H groups in total. The van der Waals surface area contributed by atoms with Crippen LogP contribution < -0.4 is 10.6 Å². The summed E-state index contributed by atoms with van der Waals surface area (Å²) in [5, 5.41) is 6.22. The van der Waals surface area contributed by atoms with E-state index in [4.69, 9.17) is 0 Å². The summed E-state index contributed by atoms with van der Waals surface area (Å²) in [7, 11) is 0. The molecule has 1 aromatic carbocycles. The van der Waals surface area contributed by atoms with Crippen LogP contribution in [0.1, 0.15) is 42.2 Å². The second-order valence-electron chi connectivity index (χ2n) is 6.51. The molecule has 144 valence electrons. The van der Waals surface area contributed by atoms with E-state index in [2.05, 4.69) is 32.5 Å². The van der Waals surface area contributed by atoms with Gasteiger partial charge < -0.3 is 10.6 Å². The minimum atomic E-state index is -0.180. The highest BCUT2D eigenvalue weighted by Gasteiger charge is 2.13. The fourth-order valence-electron chi connectivity index (χ4n) is 2.73. The van der Waals surface area contributed by atoms with E-state index < -0.39 is 0 Å². The molecule has 0 radical (unpaired) electrons. The number of nitrogens with one attached hydrogen (secondary N) is 2. The van der Waals surface area contributed by atoms with E-state index in [0.717, 1.165) is 30.4 Å². The van der Waals surface area contributed by atoms with Crippen LogP contribution in [0.3, 0.4) is 0 Å². The Hall–Kier alpha value is -3.28. The number of nitrogens with zero attached hydrogens (tertiary/aromatic N) is 3. The van der Waals surface area contributed by atoms with Gasteiger partial charge in [-0.25, -0.2) is 9.97 Å². The van der Waals surface area contributed by atoms with Crippen LogP contribution in [-0.2, 0) is 6.54 Å². The number of carbonyl (C=O) groups is 1. The third-order valence-electron chi connectivity index (χ3n) is 4.25. The van der Waals surface area contributed by atoms with Crippen LogP contribution in [0, 0.1) is 0 Å². The van der Waals surface area contributed by atoms with Crippen molar-refractivity contribution in [3.05, 3.63) is 72.2 Å². The lowest BCUT2D eigenvalue weighted by molar-refractivity contribution is 0.0948. The first kappa shape index (κ1) is 19.5. The lowest BCUT2D eigenvalue weighted by atomic mass is 10.2. The SMILES string of the molecule is CCCCCNC(=O)c1cc(NCc2cccnc2)nc(-c2ccccc2)n1. The largest absolute Gasteiger partial charge is 0.366 e.